The topological polar surface area (TPSA) is 49.8 Å². The van der Waals surface area contributed by atoms with Crippen LogP contribution < -0.4 is 10.6 Å². The molecule has 4 heteroatoms. The van der Waals surface area contributed by atoms with Crippen molar-refractivity contribution in [2.45, 2.75) is 13.1 Å². The van der Waals surface area contributed by atoms with Gasteiger partial charge in [0.15, 0.2) is 0 Å². The number of nitrogens with zero attached hydrogens (tertiary/aromatic N) is 2. The Morgan fingerprint density at radius 2 is 0.933 bits per heavy atom. The number of rotatable bonds is 9. The van der Waals surface area contributed by atoms with Gasteiger partial charge in [-0.1, -0.05) is 60.7 Å². The first-order chi connectivity index (χ1) is 14.9. The molecule has 0 spiro atoms. The van der Waals surface area contributed by atoms with E-state index in [1.807, 2.05) is 48.8 Å². The minimum atomic E-state index is 0.864. The summed E-state index contributed by atoms with van der Waals surface area (Å²) in [6.45, 7) is 3.58. The molecule has 30 heavy (non-hydrogen) atoms. The second-order valence-corrected chi connectivity index (χ2v) is 7.18. The summed E-state index contributed by atoms with van der Waals surface area (Å²) in [4.78, 5) is 8.79. The predicted molar refractivity (Wildman–Crippen MR) is 123 cm³/mol. The Morgan fingerprint density at radius 1 is 0.500 bits per heavy atom. The molecule has 0 unspecified atom stereocenters. The van der Waals surface area contributed by atoms with Crippen molar-refractivity contribution in [2.24, 2.45) is 0 Å². The number of nitrogens with one attached hydrogen (secondary N) is 2. The molecule has 2 heterocycles. The Labute approximate surface area is 178 Å². The molecule has 150 valence electrons. The van der Waals surface area contributed by atoms with Gasteiger partial charge in [0.1, 0.15) is 0 Å². The standard InChI is InChI=1S/C26H26N4/c1-3-15-29-25(5-1)23-11-7-21(8-12-23)19-27-17-18-28-20-22-9-13-24(14-10-22)26-6-2-4-16-30-26/h1-16,27-28H,17-20H2. The van der Waals surface area contributed by atoms with Gasteiger partial charge in [-0.05, 0) is 35.4 Å². The van der Waals surface area contributed by atoms with E-state index in [0.29, 0.717) is 0 Å². The van der Waals surface area contributed by atoms with Crippen molar-refractivity contribution >= 4 is 0 Å². The van der Waals surface area contributed by atoms with Gasteiger partial charge in [0.25, 0.3) is 0 Å². The zero-order valence-corrected chi connectivity index (χ0v) is 17.0. The molecular weight excluding hydrogens is 368 g/mol. The minimum absolute atomic E-state index is 0.864. The second kappa shape index (κ2) is 10.4. The summed E-state index contributed by atoms with van der Waals surface area (Å²) < 4.78 is 0. The van der Waals surface area contributed by atoms with Crippen molar-refractivity contribution in [3.8, 4) is 22.5 Å². The summed E-state index contributed by atoms with van der Waals surface area (Å²) in [6.07, 6.45) is 3.65. The molecule has 0 aliphatic carbocycles. The monoisotopic (exact) mass is 394 g/mol. The van der Waals surface area contributed by atoms with Gasteiger partial charge in [-0.15, -0.1) is 0 Å². The fraction of sp³-hybridized carbons (Fsp3) is 0.154. The molecule has 2 aromatic carbocycles. The van der Waals surface area contributed by atoms with Gasteiger partial charge < -0.3 is 10.6 Å². The van der Waals surface area contributed by atoms with Gasteiger partial charge in [-0.25, -0.2) is 0 Å². The molecule has 0 atom stereocenters. The van der Waals surface area contributed by atoms with E-state index in [4.69, 9.17) is 0 Å². The fourth-order valence-corrected chi connectivity index (χ4v) is 3.30. The van der Waals surface area contributed by atoms with Crippen molar-refractivity contribution in [3.63, 3.8) is 0 Å². The summed E-state index contributed by atoms with van der Waals surface area (Å²) >= 11 is 0. The summed E-state index contributed by atoms with van der Waals surface area (Å²) in [5.74, 6) is 0. The van der Waals surface area contributed by atoms with Crippen molar-refractivity contribution in [1.29, 1.82) is 0 Å². The third-order valence-corrected chi connectivity index (χ3v) is 4.97. The highest BCUT2D eigenvalue weighted by atomic mass is 14.9. The zero-order chi connectivity index (χ0) is 20.4. The SMILES string of the molecule is c1ccc(-c2ccc(CNCCNCc3ccc(-c4ccccn4)cc3)cc2)nc1. The van der Waals surface area contributed by atoms with Crippen molar-refractivity contribution in [1.82, 2.24) is 20.6 Å². The maximum atomic E-state index is 4.39. The van der Waals surface area contributed by atoms with Gasteiger partial charge in [0.2, 0.25) is 0 Å². The van der Waals surface area contributed by atoms with Gasteiger partial charge in [0.05, 0.1) is 11.4 Å². The van der Waals surface area contributed by atoms with Crippen LogP contribution >= 0.6 is 0 Å². The van der Waals surface area contributed by atoms with Gasteiger partial charge in [0, 0.05) is 49.7 Å². The van der Waals surface area contributed by atoms with E-state index in [-0.39, 0.29) is 0 Å². The van der Waals surface area contributed by atoms with Crippen LogP contribution in [0.25, 0.3) is 22.5 Å². The van der Waals surface area contributed by atoms with Crippen LogP contribution in [0.3, 0.4) is 0 Å². The van der Waals surface area contributed by atoms with Crippen LogP contribution in [0, 0.1) is 0 Å². The van der Waals surface area contributed by atoms with E-state index in [1.165, 1.54) is 11.1 Å². The van der Waals surface area contributed by atoms with Crippen molar-refractivity contribution in [3.05, 3.63) is 108 Å². The normalized spacial score (nSPS) is 10.8. The third kappa shape index (κ3) is 5.60. The summed E-state index contributed by atoms with van der Waals surface area (Å²) in [6, 6.07) is 29.1. The summed E-state index contributed by atoms with van der Waals surface area (Å²) in [5, 5.41) is 6.98. The molecule has 0 saturated heterocycles. The molecule has 0 amide bonds. The quantitative estimate of drug-likeness (QED) is 0.404. The molecule has 4 nitrogen and oxygen atoms in total. The molecule has 2 aromatic heterocycles. The minimum Gasteiger partial charge on any atom is -0.311 e. The summed E-state index contributed by atoms with van der Waals surface area (Å²) in [5.41, 5.74) is 6.87. The molecule has 0 aliphatic rings. The lowest BCUT2D eigenvalue weighted by atomic mass is 10.1. The number of aromatic nitrogens is 2. The number of hydrogen-bond donors (Lipinski definition) is 2. The van der Waals surface area contributed by atoms with E-state index in [9.17, 15) is 0 Å². The second-order valence-electron chi connectivity index (χ2n) is 7.18. The molecule has 0 radical (unpaired) electrons. The Kier molecular flexibility index (Phi) is 6.94. The predicted octanol–water partition coefficient (Wildman–Crippen LogP) is 4.69. The lowest BCUT2D eigenvalue weighted by Gasteiger charge is -2.08. The van der Waals surface area contributed by atoms with E-state index >= 15 is 0 Å². The number of benzene rings is 2. The summed E-state index contributed by atoms with van der Waals surface area (Å²) in [7, 11) is 0. The Morgan fingerprint density at radius 3 is 1.30 bits per heavy atom. The molecule has 2 N–H and O–H groups in total. The first-order valence-electron chi connectivity index (χ1n) is 10.3. The first kappa shape index (κ1) is 20.0. The highest BCUT2D eigenvalue weighted by molar-refractivity contribution is 5.59. The third-order valence-electron chi connectivity index (χ3n) is 4.97. The van der Waals surface area contributed by atoms with Crippen molar-refractivity contribution < 1.29 is 0 Å². The average molecular weight is 395 g/mol. The maximum absolute atomic E-state index is 4.39. The molecule has 4 rings (SSSR count). The van der Waals surface area contributed by atoms with E-state index in [1.54, 1.807) is 0 Å². The number of hydrogen-bond acceptors (Lipinski definition) is 4. The Hall–Kier alpha value is -3.34. The van der Waals surface area contributed by atoms with E-state index < -0.39 is 0 Å². The van der Waals surface area contributed by atoms with Crippen LogP contribution in [0.5, 0.6) is 0 Å². The van der Waals surface area contributed by atoms with Crippen LogP contribution in [-0.2, 0) is 13.1 Å². The molecular formula is C26H26N4. The highest BCUT2D eigenvalue weighted by Crippen LogP contribution is 2.17. The lowest BCUT2D eigenvalue weighted by molar-refractivity contribution is 0.611. The van der Waals surface area contributed by atoms with Crippen LogP contribution in [0.15, 0.2) is 97.3 Å². The highest BCUT2D eigenvalue weighted by Gasteiger charge is 2.00. The molecule has 0 aliphatic heterocycles. The van der Waals surface area contributed by atoms with Gasteiger partial charge in [-0.3, -0.25) is 9.97 Å². The molecule has 0 saturated carbocycles. The van der Waals surface area contributed by atoms with Gasteiger partial charge >= 0.3 is 0 Å². The lowest BCUT2D eigenvalue weighted by Crippen LogP contribution is -2.26. The van der Waals surface area contributed by atoms with Crippen LogP contribution in [-0.4, -0.2) is 23.1 Å². The van der Waals surface area contributed by atoms with Gasteiger partial charge in [-0.2, -0.15) is 0 Å². The smallest absolute Gasteiger partial charge is 0.0701 e. The largest absolute Gasteiger partial charge is 0.311 e. The first-order valence-corrected chi connectivity index (χ1v) is 10.3. The van der Waals surface area contributed by atoms with E-state index in [2.05, 4.69) is 69.1 Å². The fourth-order valence-electron chi connectivity index (χ4n) is 3.30. The Bertz CT molecular complexity index is 927. The molecule has 4 aromatic rings. The number of pyridine rings is 2. The van der Waals surface area contributed by atoms with Crippen LogP contribution in [0.2, 0.25) is 0 Å². The van der Waals surface area contributed by atoms with E-state index in [0.717, 1.165) is 48.7 Å². The zero-order valence-electron chi connectivity index (χ0n) is 17.0. The molecule has 0 fully saturated rings. The van der Waals surface area contributed by atoms with Crippen molar-refractivity contribution in [2.75, 3.05) is 13.1 Å². The van der Waals surface area contributed by atoms with Crippen LogP contribution in [0.4, 0.5) is 0 Å². The average Bonchev–Trinajstić information content (AvgIpc) is 2.83. The van der Waals surface area contributed by atoms with Crippen LogP contribution in [0.1, 0.15) is 11.1 Å². The Balaban J connectivity index is 1.15. The molecule has 0 bridgehead atoms. The maximum Gasteiger partial charge on any atom is 0.0701 e.